The van der Waals surface area contributed by atoms with Crippen molar-refractivity contribution in [2.45, 2.75) is 43.8 Å². The van der Waals surface area contributed by atoms with Crippen LogP contribution in [0.1, 0.15) is 30.7 Å². The Bertz CT molecular complexity index is 904. The molecule has 2 aliphatic rings. The fourth-order valence-corrected chi connectivity index (χ4v) is 4.39. The zero-order chi connectivity index (χ0) is 18.1. The molecule has 1 saturated carbocycles. The number of benzene rings is 1. The van der Waals surface area contributed by atoms with Gasteiger partial charge < -0.3 is 4.90 Å². The van der Waals surface area contributed by atoms with E-state index in [0.717, 1.165) is 25.0 Å². The Kier molecular flexibility index (Phi) is 4.54. The zero-order valence-corrected chi connectivity index (χ0v) is 15.3. The third-order valence-corrected chi connectivity index (χ3v) is 6.53. The second kappa shape index (κ2) is 6.85. The highest BCUT2D eigenvalue weighted by molar-refractivity contribution is 7.89. The van der Waals surface area contributed by atoms with Gasteiger partial charge in [0.05, 0.1) is 35.9 Å². The van der Waals surface area contributed by atoms with Crippen molar-refractivity contribution >= 4 is 15.9 Å². The highest BCUT2D eigenvalue weighted by Gasteiger charge is 2.31. The van der Waals surface area contributed by atoms with Crippen molar-refractivity contribution < 1.29 is 13.2 Å². The topological polar surface area (TPSA) is 84.3 Å². The summed E-state index contributed by atoms with van der Waals surface area (Å²) < 4.78 is 29.1. The summed E-state index contributed by atoms with van der Waals surface area (Å²) in [4.78, 5) is 14.6. The molecule has 1 aromatic carbocycles. The van der Waals surface area contributed by atoms with Crippen LogP contribution in [0.4, 0.5) is 0 Å². The molecule has 0 radical (unpaired) electrons. The van der Waals surface area contributed by atoms with E-state index >= 15 is 0 Å². The maximum absolute atomic E-state index is 12.4. The van der Waals surface area contributed by atoms with Crippen LogP contribution >= 0.6 is 0 Å². The third-order valence-electron chi connectivity index (χ3n) is 5.11. The molecule has 2 heterocycles. The lowest BCUT2D eigenvalue weighted by Gasteiger charge is -2.34. The number of nitrogens with one attached hydrogen (secondary N) is 1. The predicted molar refractivity (Wildman–Crippen MR) is 95.5 cm³/mol. The summed E-state index contributed by atoms with van der Waals surface area (Å²) in [6.45, 7) is 2.00. The number of fused-ring (bicyclic) bond motifs is 1. The van der Waals surface area contributed by atoms with Crippen LogP contribution in [0.5, 0.6) is 0 Å². The van der Waals surface area contributed by atoms with Crippen molar-refractivity contribution in [2.75, 3.05) is 6.54 Å². The van der Waals surface area contributed by atoms with Gasteiger partial charge in [-0.1, -0.05) is 24.6 Å². The lowest BCUT2D eigenvalue weighted by atomic mass is 9.84. The monoisotopic (exact) mass is 374 g/mol. The van der Waals surface area contributed by atoms with Gasteiger partial charge in [-0.05, 0) is 31.0 Å². The van der Waals surface area contributed by atoms with Crippen LogP contribution < -0.4 is 4.72 Å². The van der Waals surface area contributed by atoms with Gasteiger partial charge in [-0.15, -0.1) is 0 Å². The number of aromatic nitrogens is 2. The Hall–Kier alpha value is -2.19. The normalized spacial score (nSPS) is 17.6. The van der Waals surface area contributed by atoms with E-state index in [1.807, 2.05) is 15.6 Å². The van der Waals surface area contributed by atoms with E-state index in [1.165, 1.54) is 0 Å². The van der Waals surface area contributed by atoms with Gasteiger partial charge >= 0.3 is 0 Å². The zero-order valence-electron chi connectivity index (χ0n) is 14.5. The molecule has 1 N–H and O–H groups in total. The lowest BCUT2D eigenvalue weighted by Crippen LogP contribution is -2.43. The van der Waals surface area contributed by atoms with E-state index in [4.69, 9.17) is 0 Å². The first kappa shape index (κ1) is 17.2. The Morgan fingerprint density at radius 1 is 1.19 bits per heavy atom. The number of carbonyl (C=O) groups is 1. The highest BCUT2D eigenvalue weighted by Crippen LogP contribution is 2.29. The van der Waals surface area contributed by atoms with Gasteiger partial charge in [0.25, 0.3) is 0 Å². The van der Waals surface area contributed by atoms with Crippen molar-refractivity contribution in [1.82, 2.24) is 19.4 Å². The van der Waals surface area contributed by atoms with Gasteiger partial charge in [-0.3, -0.25) is 9.48 Å². The number of amides is 1. The molecule has 0 saturated heterocycles. The molecule has 1 amide bonds. The van der Waals surface area contributed by atoms with E-state index in [2.05, 4.69) is 9.82 Å². The average Bonchev–Trinajstić information content (AvgIpc) is 3.01. The van der Waals surface area contributed by atoms with E-state index in [1.54, 1.807) is 30.3 Å². The molecule has 2 aromatic rings. The first-order valence-corrected chi connectivity index (χ1v) is 10.4. The van der Waals surface area contributed by atoms with Crippen molar-refractivity contribution in [2.24, 2.45) is 5.92 Å². The SMILES string of the molecule is O=C(C1CCC1)N1CCn2nc(CNS(=O)(=O)c3ccccc3)cc2C1. The fraction of sp³-hybridized carbons (Fsp3) is 0.444. The van der Waals surface area contributed by atoms with E-state index in [9.17, 15) is 13.2 Å². The number of carbonyl (C=O) groups excluding carboxylic acids is 1. The van der Waals surface area contributed by atoms with E-state index < -0.39 is 10.0 Å². The standard InChI is InChI=1S/C18H22N4O3S/c23-18(14-5-4-6-14)21-9-10-22-16(13-21)11-15(20-22)12-19-26(24,25)17-7-2-1-3-8-17/h1-3,7-8,11,14,19H,4-6,9-10,12-13H2. The van der Waals surface area contributed by atoms with E-state index in [0.29, 0.717) is 25.3 Å². The maximum atomic E-state index is 12.4. The van der Waals surface area contributed by atoms with Gasteiger partial charge in [0.15, 0.2) is 0 Å². The molecule has 0 bridgehead atoms. The van der Waals surface area contributed by atoms with Crippen LogP contribution in [-0.4, -0.2) is 35.6 Å². The van der Waals surface area contributed by atoms with Crippen LogP contribution in [0.3, 0.4) is 0 Å². The average molecular weight is 374 g/mol. The smallest absolute Gasteiger partial charge is 0.240 e. The summed E-state index contributed by atoms with van der Waals surface area (Å²) in [5.41, 5.74) is 1.62. The number of hydrogen-bond donors (Lipinski definition) is 1. The van der Waals surface area contributed by atoms with Gasteiger partial charge in [0.1, 0.15) is 0 Å². The Balaban J connectivity index is 1.41. The second-order valence-electron chi connectivity index (χ2n) is 6.88. The summed E-state index contributed by atoms with van der Waals surface area (Å²) in [6.07, 6.45) is 3.15. The van der Waals surface area contributed by atoms with Crippen molar-refractivity contribution in [3.63, 3.8) is 0 Å². The van der Waals surface area contributed by atoms with Crippen molar-refractivity contribution in [1.29, 1.82) is 0 Å². The minimum Gasteiger partial charge on any atom is -0.335 e. The van der Waals surface area contributed by atoms with Crippen LogP contribution in [0.2, 0.25) is 0 Å². The van der Waals surface area contributed by atoms with Crippen LogP contribution in [0.15, 0.2) is 41.3 Å². The Morgan fingerprint density at radius 2 is 1.96 bits per heavy atom. The molecule has 1 fully saturated rings. The molecule has 1 aromatic heterocycles. The number of nitrogens with zero attached hydrogens (tertiary/aromatic N) is 3. The quantitative estimate of drug-likeness (QED) is 0.860. The second-order valence-corrected chi connectivity index (χ2v) is 8.64. The molecular formula is C18H22N4O3S. The van der Waals surface area contributed by atoms with E-state index in [-0.39, 0.29) is 23.3 Å². The molecule has 1 aliphatic heterocycles. The van der Waals surface area contributed by atoms with Crippen LogP contribution in [0, 0.1) is 5.92 Å². The van der Waals surface area contributed by atoms with Crippen LogP contribution in [0.25, 0.3) is 0 Å². The van der Waals surface area contributed by atoms with Crippen molar-refractivity contribution in [3.05, 3.63) is 47.8 Å². The summed E-state index contributed by atoms with van der Waals surface area (Å²) >= 11 is 0. The molecule has 8 heteroatoms. The van der Waals surface area contributed by atoms with Crippen LogP contribution in [-0.2, 0) is 34.5 Å². The first-order valence-electron chi connectivity index (χ1n) is 8.92. The summed E-state index contributed by atoms with van der Waals surface area (Å²) in [6, 6.07) is 10.2. The molecule has 0 atom stereocenters. The maximum Gasteiger partial charge on any atom is 0.240 e. The lowest BCUT2D eigenvalue weighted by molar-refractivity contribution is -0.139. The predicted octanol–water partition coefficient (Wildman–Crippen LogP) is 1.50. The molecule has 26 heavy (non-hydrogen) atoms. The number of rotatable bonds is 5. The molecular weight excluding hydrogens is 352 g/mol. The summed E-state index contributed by atoms with van der Waals surface area (Å²) in [5.74, 6) is 0.441. The van der Waals surface area contributed by atoms with Crippen molar-refractivity contribution in [3.8, 4) is 0 Å². The van der Waals surface area contributed by atoms with Gasteiger partial charge in [0, 0.05) is 12.5 Å². The number of sulfonamides is 1. The summed E-state index contributed by atoms with van der Waals surface area (Å²) in [7, 11) is -3.55. The van der Waals surface area contributed by atoms with Gasteiger partial charge in [-0.25, -0.2) is 13.1 Å². The Labute approximate surface area is 153 Å². The fourth-order valence-electron chi connectivity index (χ4n) is 3.37. The molecule has 1 aliphatic carbocycles. The third kappa shape index (κ3) is 3.39. The first-order chi connectivity index (χ1) is 12.5. The molecule has 4 rings (SSSR count). The Morgan fingerprint density at radius 3 is 2.65 bits per heavy atom. The highest BCUT2D eigenvalue weighted by atomic mass is 32.2. The molecule has 138 valence electrons. The molecule has 0 unspecified atom stereocenters. The number of hydrogen-bond acceptors (Lipinski definition) is 4. The molecule has 7 nitrogen and oxygen atoms in total. The minimum absolute atomic E-state index is 0.133. The van der Waals surface area contributed by atoms with Gasteiger partial charge in [0.2, 0.25) is 15.9 Å². The minimum atomic E-state index is -3.55. The largest absolute Gasteiger partial charge is 0.335 e. The molecule has 0 spiro atoms. The summed E-state index contributed by atoms with van der Waals surface area (Å²) in [5, 5.41) is 4.47. The van der Waals surface area contributed by atoms with Gasteiger partial charge in [-0.2, -0.15) is 5.10 Å².